The highest BCUT2D eigenvalue weighted by Gasteiger charge is 2.51. The van der Waals surface area contributed by atoms with E-state index in [0.29, 0.717) is 5.92 Å². The van der Waals surface area contributed by atoms with Gasteiger partial charge < -0.3 is 19.0 Å². The number of nitrogens with zero attached hydrogens (tertiary/aromatic N) is 2. The van der Waals surface area contributed by atoms with Crippen molar-refractivity contribution in [3.05, 3.63) is 23.2 Å². The number of hydrogen-bond acceptors (Lipinski definition) is 4. The van der Waals surface area contributed by atoms with Crippen LogP contribution in [0.3, 0.4) is 0 Å². The summed E-state index contributed by atoms with van der Waals surface area (Å²) in [5.74, 6) is 3.11. The van der Waals surface area contributed by atoms with Gasteiger partial charge in [0.25, 0.3) is 5.91 Å². The van der Waals surface area contributed by atoms with Crippen LogP contribution in [0.2, 0.25) is 0 Å². The van der Waals surface area contributed by atoms with E-state index in [0.717, 1.165) is 62.2 Å². The molecule has 3 aliphatic rings. The van der Waals surface area contributed by atoms with Crippen molar-refractivity contribution in [2.75, 3.05) is 46.4 Å². The van der Waals surface area contributed by atoms with Crippen molar-refractivity contribution in [3.63, 3.8) is 0 Å². The highest BCUT2D eigenvalue weighted by atomic mass is 16.5. The lowest BCUT2D eigenvalue weighted by Gasteiger charge is -2.30. The monoisotopic (exact) mass is 346 g/mol. The number of methoxy groups -OCH3 is 1. The van der Waals surface area contributed by atoms with Crippen LogP contribution >= 0.6 is 0 Å². The van der Waals surface area contributed by atoms with E-state index in [4.69, 9.17) is 9.15 Å². The first-order valence-electron chi connectivity index (χ1n) is 9.58. The Labute approximate surface area is 150 Å². The third-order valence-corrected chi connectivity index (χ3v) is 6.41. The molecule has 1 aromatic heterocycles. The molecule has 2 saturated heterocycles. The van der Waals surface area contributed by atoms with Gasteiger partial charge in [-0.15, -0.1) is 0 Å². The van der Waals surface area contributed by atoms with Gasteiger partial charge in [0.1, 0.15) is 11.5 Å². The summed E-state index contributed by atoms with van der Waals surface area (Å²) in [6.45, 7) is 9.75. The molecule has 0 bridgehead atoms. The van der Waals surface area contributed by atoms with Crippen molar-refractivity contribution >= 4 is 5.91 Å². The molecule has 2 aliphatic heterocycles. The molecule has 2 atom stereocenters. The van der Waals surface area contributed by atoms with Gasteiger partial charge in [-0.25, -0.2) is 0 Å². The Morgan fingerprint density at radius 3 is 2.80 bits per heavy atom. The number of amides is 1. The number of furan rings is 1. The normalized spacial score (nSPS) is 29.9. The van der Waals surface area contributed by atoms with E-state index in [-0.39, 0.29) is 11.3 Å². The molecule has 25 heavy (non-hydrogen) atoms. The maximum Gasteiger partial charge on any atom is 0.257 e. The standard InChI is InChI=1S/C20H30N2O3/c1-14-8-18(15(2)25-14)19(23)22-7-6-20(13-22)12-21(9-16-4-5-16)10-17(20)11-24-3/h8,16-17H,4-7,9-13H2,1-3H3/t17-,20-/m1/s1. The largest absolute Gasteiger partial charge is 0.466 e. The number of rotatable bonds is 5. The van der Waals surface area contributed by atoms with Gasteiger partial charge in [0, 0.05) is 51.2 Å². The van der Waals surface area contributed by atoms with Gasteiger partial charge in [-0.1, -0.05) is 0 Å². The molecule has 3 fully saturated rings. The summed E-state index contributed by atoms with van der Waals surface area (Å²) in [5, 5.41) is 0. The van der Waals surface area contributed by atoms with E-state index >= 15 is 0 Å². The highest BCUT2D eigenvalue weighted by Crippen LogP contribution is 2.45. The van der Waals surface area contributed by atoms with E-state index in [1.807, 2.05) is 24.8 Å². The minimum absolute atomic E-state index is 0.128. The summed E-state index contributed by atoms with van der Waals surface area (Å²) in [5.41, 5.74) is 0.929. The molecular weight excluding hydrogens is 316 g/mol. The van der Waals surface area contributed by atoms with Crippen LogP contribution in [0.1, 0.15) is 41.1 Å². The molecule has 5 nitrogen and oxygen atoms in total. The zero-order chi connectivity index (χ0) is 17.6. The van der Waals surface area contributed by atoms with Crippen LogP contribution in [0.4, 0.5) is 0 Å². The molecule has 1 aromatic rings. The van der Waals surface area contributed by atoms with Crippen LogP contribution in [-0.2, 0) is 4.74 Å². The summed E-state index contributed by atoms with van der Waals surface area (Å²) in [4.78, 5) is 17.6. The van der Waals surface area contributed by atoms with Crippen LogP contribution in [0.15, 0.2) is 10.5 Å². The minimum atomic E-state index is 0.128. The van der Waals surface area contributed by atoms with Crippen LogP contribution in [0, 0.1) is 31.1 Å². The van der Waals surface area contributed by atoms with Crippen molar-refractivity contribution < 1.29 is 13.9 Å². The molecule has 1 spiro atoms. The van der Waals surface area contributed by atoms with Crippen molar-refractivity contribution in [1.82, 2.24) is 9.80 Å². The summed E-state index contributed by atoms with van der Waals surface area (Å²) in [6, 6.07) is 1.88. The van der Waals surface area contributed by atoms with Gasteiger partial charge in [-0.2, -0.15) is 0 Å². The SMILES string of the molecule is COC[C@H]1CN(CC2CC2)C[C@@]12CCN(C(=O)c1cc(C)oc1C)C2. The Hall–Kier alpha value is -1.33. The molecule has 4 rings (SSSR count). The van der Waals surface area contributed by atoms with E-state index < -0.39 is 0 Å². The van der Waals surface area contributed by atoms with E-state index in [2.05, 4.69) is 4.90 Å². The topological polar surface area (TPSA) is 45.9 Å². The molecule has 1 amide bonds. The van der Waals surface area contributed by atoms with E-state index in [1.165, 1.54) is 19.4 Å². The maximum atomic E-state index is 13.0. The lowest BCUT2D eigenvalue weighted by molar-refractivity contribution is 0.0714. The third kappa shape index (κ3) is 3.24. The Bertz CT molecular complexity index is 651. The number of likely N-dealkylation sites (tertiary alicyclic amines) is 2. The second-order valence-electron chi connectivity index (χ2n) is 8.46. The number of aryl methyl sites for hydroxylation is 2. The van der Waals surface area contributed by atoms with E-state index in [1.54, 1.807) is 7.11 Å². The molecule has 0 aromatic carbocycles. The van der Waals surface area contributed by atoms with Gasteiger partial charge in [-0.05, 0) is 45.1 Å². The smallest absolute Gasteiger partial charge is 0.257 e. The summed E-state index contributed by atoms with van der Waals surface area (Å²) in [6.07, 6.45) is 3.87. The van der Waals surface area contributed by atoms with Gasteiger partial charge in [-0.3, -0.25) is 4.79 Å². The molecule has 0 radical (unpaired) electrons. The predicted molar refractivity (Wildman–Crippen MR) is 95.7 cm³/mol. The van der Waals surface area contributed by atoms with Crippen LogP contribution in [-0.4, -0.2) is 62.1 Å². The van der Waals surface area contributed by atoms with Crippen molar-refractivity contribution in [2.24, 2.45) is 17.3 Å². The number of ether oxygens (including phenoxy) is 1. The molecule has 1 aliphatic carbocycles. The average molecular weight is 346 g/mol. The van der Waals surface area contributed by atoms with Crippen molar-refractivity contribution in [3.8, 4) is 0 Å². The molecule has 138 valence electrons. The number of hydrogen-bond donors (Lipinski definition) is 0. The first kappa shape index (κ1) is 17.1. The summed E-state index contributed by atoms with van der Waals surface area (Å²) < 4.78 is 11.1. The quantitative estimate of drug-likeness (QED) is 0.822. The predicted octanol–water partition coefficient (Wildman–Crippen LogP) is 2.72. The molecule has 1 saturated carbocycles. The van der Waals surface area contributed by atoms with E-state index in [9.17, 15) is 4.79 Å². The van der Waals surface area contributed by atoms with Crippen LogP contribution in [0.25, 0.3) is 0 Å². The Morgan fingerprint density at radius 2 is 2.16 bits per heavy atom. The summed E-state index contributed by atoms with van der Waals surface area (Å²) in [7, 11) is 1.80. The van der Waals surface area contributed by atoms with Gasteiger partial charge in [0.15, 0.2) is 0 Å². The van der Waals surface area contributed by atoms with Gasteiger partial charge in [0.2, 0.25) is 0 Å². The second kappa shape index (κ2) is 6.44. The fraction of sp³-hybridized carbons (Fsp3) is 0.750. The lowest BCUT2D eigenvalue weighted by atomic mass is 9.77. The van der Waals surface area contributed by atoms with Crippen LogP contribution in [0.5, 0.6) is 0 Å². The Kier molecular flexibility index (Phi) is 4.40. The molecule has 0 N–H and O–H groups in total. The highest BCUT2D eigenvalue weighted by molar-refractivity contribution is 5.95. The van der Waals surface area contributed by atoms with Crippen molar-refractivity contribution in [2.45, 2.75) is 33.1 Å². The molecule has 5 heteroatoms. The molecular formula is C20H30N2O3. The van der Waals surface area contributed by atoms with Crippen molar-refractivity contribution in [1.29, 1.82) is 0 Å². The Morgan fingerprint density at radius 1 is 1.36 bits per heavy atom. The summed E-state index contributed by atoms with van der Waals surface area (Å²) >= 11 is 0. The zero-order valence-corrected chi connectivity index (χ0v) is 15.7. The Balaban J connectivity index is 1.48. The zero-order valence-electron chi connectivity index (χ0n) is 15.7. The fourth-order valence-electron chi connectivity index (χ4n) is 4.92. The third-order valence-electron chi connectivity index (χ3n) is 6.41. The first-order chi connectivity index (χ1) is 12.0. The molecule has 3 heterocycles. The number of carbonyl (C=O) groups is 1. The fourth-order valence-corrected chi connectivity index (χ4v) is 4.92. The molecule has 0 unspecified atom stereocenters. The number of carbonyl (C=O) groups excluding carboxylic acids is 1. The minimum Gasteiger partial charge on any atom is -0.466 e. The first-order valence-corrected chi connectivity index (χ1v) is 9.58. The lowest BCUT2D eigenvalue weighted by Crippen LogP contribution is -2.38. The average Bonchev–Trinajstić information content (AvgIpc) is 3.03. The van der Waals surface area contributed by atoms with Gasteiger partial charge >= 0.3 is 0 Å². The second-order valence-corrected chi connectivity index (χ2v) is 8.46. The van der Waals surface area contributed by atoms with Crippen LogP contribution < -0.4 is 0 Å². The maximum absolute atomic E-state index is 13.0. The van der Waals surface area contributed by atoms with Gasteiger partial charge in [0.05, 0.1) is 12.2 Å².